The fraction of sp³-hybridized carbons (Fsp3) is 0.350. The minimum atomic E-state index is -0.0825. The third-order valence-electron chi connectivity index (χ3n) is 4.97. The second-order valence-corrected chi connectivity index (χ2v) is 8.28. The molecule has 0 spiro atoms. The maximum Gasteiger partial charge on any atom is 0.243 e. The molecule has 0 unspecified atom stereocenters. The Balaban J connectivity index is 1.60. The zero-order valence-electron chi connectivity index (χ0n) is 15.4. The van der Waals surface area contributed by atoms with E-state index in [0.717, 1.165) is 40.1 Å². The van der Waals surface area contributed by atoms with Crippen LogP contribution in [-0.4, -0.2) is 29.0 Å². The SMILES string of the molecule is CCN(CC(=O)Nc1cc(Cl)ccc1C)c1ncnc2sc3c(c12)CCC3. The molecular formula is C20H21ClN4OS. The molecule has 2 heterocycles. The van der Waals surface area contributed by atoms with Crippen LogP contribution in [0.1, 0.15) is 29.3 Å². The van der Waals surface area contributed by atoms with E-state index < -0.39 is 0 Å². The molecule has 1 aliphatic carbocycles. The molecule has 1 amide bonds. The number of nitrogens with one attached hydrogen (secondary N) is 1. The van der Waals surface area contributed by atoms with E-state index in [-0.39, 0.29) is 12.5 Å². The van der Waals surface area contributed by atoms with Crippen molar-refractivity contribution in [2.45, 2.75) is 33.1 Å². The van der Waals surface area contributed by atoms with Gasteiger partial charge in [-0.05, 0) is 56.4 Å². The number of thiophene rings is 1. The van der Waals surface area contributed by atoms with Crippen LogP contribution in [0.25, 0.3) is 10.2 Å². The van der Waals surface area contributed by atoms with Crippen molar-refractivity contribution in [1.29, 1.82) is 0 Å². The van der Waals surface area contributed by atoms with Crippen LogP contribution in [0.15, 0.2) is 24.5 Å². The lowest BCUT2D eigenvalue weighted by Gasteiger charge is -2.22. The molecule has 4 rings (SSSR count). The Morgan fingerprint density at radius 1 is 1.33 bits per heavy atom. The Morgan fingerprint density at radius 2 is 2.19 bits per heavy atom. The van der Waals surface area contributed by atoms with Crippen LogP contribution in [0.4, 0.5) is 11.5 Å². The Kier molecular flexibility index (Phi) is 5.02. The lowest BCUT2D eigenvalue weighted by molar-refractivity contribution is -0.115. The molecule has 1 aromatic carbocycles. The highest BCUT2D eigenvalue weighted by Crippen LogP contribution is 2.40. The number of carbonyl (C=O) groups excluding carboxylic acids is 1. The van der Waals surface area contributed by atoms with Crippen molar-refractivity contribution in [1.82, 2.24) is 9.97 Å². The van der Waals surface area contributed by atoms with Gasteiger partial charge >= 0.3 is 0 Å². The van der Waals surface area contributed by atoms with Crippen LogP contribution in [0, 0.1) is 6.92 Å². The molecule has 0 radical (unpaired) electrons. The summed E-state index contributed by atoms with van der Waals surface area (Å²) in [6.45, 7) is 4.92. The topological polar surface area (TPSA) is 58.1 Å². The Labute approximate surface area is 167 Å². The van der Waals surface area contributed by atoms with E-state index in [1.165, 1.54) is 16.9 Å². The molecule has 1 N–H and O–H groups in total. The van der Waals surface area contributed by atoms with Crippen LogP contribution in [0.2, 0.25) is 5.02 Å². The van der Waals surface area contributed by atoms with E-state index in [1.807, 2.05) is 30.9 Å². The van der Waals surface area contributed by atoms with Crippen molar-refractivity contribution in [3.63, 3.8) is 0 Å². The fourth-order valence-electron chi connectivity index (χ4n) is 3.58. The van der Waals surface area contributed by atoms with Crippen LogP contribution in [-0.2, 0) is 17.6 Å². The highest BCUT2D eigenvalue weighted by atomic mass is 35.5. The molecule has 0 fully saturated rings. The maximum absolute atomic E-state index is 12.7. The molecule has 5 nitrogen and oxygen atoms in total. The monoisotopic (exact) mass is 400 g/mol. The number of rotatable bonds is 5. The van der Waals surface area contributed by atoms with Gasteiger partial charge in [-0.15, -0.1) is 11.3 Å². The second-order valence-electron chi connectivity index (χ2n) is 6.76. The van der Waals surface area contributed by atoms with Gasteiger partial charge in [-0.1, -0.05) is 17.7 Å². The maximum atomic E-state index is 12.7. The van der Waals surface area contributed by atoms with Gasteiger partial charge in [0.25, 0.3) is 0 Å². The Hall–Kier alpha value is -2.18. The zero-order valence-corrected chi connectivity index (χ0v) is 17.0. The number of carbonyl (C=O) groups is 1. The third-order valence-corrected chi connectivity index (χ3v) is 6.41. The first kappa shape index (κ1) is 18.2. The van der Waals surface area contributed by atoms with Gasteiger partial charge in [0.2, 0.25) is 5.91 Å². The molecule has 140 valence electrons. The quantitative estimate of drug-likeness (QED) is 0.679. The molecule has 0 bridgehead atoms. The number of likely N-dealkylation sites (N-methyl/N-ethyl adjacent to an activating group) is 1. The number of aryl methyl sites for hydroxylation is 3. The Morgan fingerprint density at radius 3 is 3.00 bits per heavy atom. The summed E-state index contributed by atoms with van der Waals surface area (Å²) < 4.78 is 0. The molecule has 0 atom stereocenters. The fourth-order valence-corrected chi connectivity index (χ4v) is 4.98. The number of benzene rings is 1. The van der Waals surface area contributed by atoms with Crippen molar-refractivity contribution in [2.24, 2.45) is 0 Å². The molecule has 0 saturated carbocycles. The van der Waals surface area contributed by atoms with Gasteiger partial charge in [0.1, 0.15) is 17.0 Å². The molecule has 0 aliphatic heterocycles. The highest BCUT2D eigenvalue weighted by molar-refractivity contribution is 7.19. The second kappa shape index (κ2) is 7.44. The summed E-state index contributed by atoms with van der Waals surface area (Å²) in [6, 6.07) is 5.50. The first-order chi connectivity index (χ1) is 13.1. The lowest BCUT2D eigenvalue weighted by atomic mass is 10.2. The van der Waals surface area contributed by atoms with E-state index in [0.29, 0.717) is 11.6 Å². The largest absolute Gasteiger partial charge is 0.347 e. The molecule has 0 saturated heterocycles. The standard InChI is InChI=1S/C20H21ClN4OS/c1-3-25(10-17(26)24-15-9-13(21)8-7-12(15)2)19-18-14-5-4-6-16(14)27-20(18)23-11-22-19/h7-9,11H,3-6,10H2,1-2H3,(H,24,26). The molecule has 27 heavy (non-hydrogen) atoms. The summed E-state index contributed by atoms with van der Waals surface area (Å²) in [5.74, 6) is 0.778. The summed E-state index contributed by atoms with van der Waals surface area (Å²) in [5.41, 5.74) is 3.10. The molecular weight excluding hydrogens is 380 g/mol. The first-order valence-electron chi connectivity index (χ1n) is 9.13. The average molecular weight is 401 g/mol. The Bertz CT molecular complexity index is 1020. The van der Waals surface area contributed by atoms with E-state index in [2.05, 4.69) is 15.3 Å². The van der Waals surface area contributed by atoms with E-state index >= 15 is 0 Å². The van der Waals surface area contributed by atoms with Crippen LogP contribution < -0.4 is 10.2 Å². The van der Waals surface area contributed by atoms with Gasteiger partial charge in [0, 0.05) is 22.1 Å². The number of nitrogens with zero attached hydrogens (tertiary/aromatic N) is 3. The molecule has 1 aliphatic rings. The predicted octanol–water partition coefficient (Wildman–Crippen LogP) is 4.61. The van der Waals surface area contributed by atoms with Crippen LogP contribution in [0.5, 0.6) is 0 Å². The van der Waals surface area contributed by atoms with Gasteiger partial charge in [-0.25, -0.2) is 9.97 Å². The number of amides is 1. The number of fused-ring (bicyclic) bond motifs is 3. The van der Waals surface area contributed by atoms with E-state index in [1.54, 1.807) is 23.7 Å². The van der Waals surface area contributed by atoms with E-state index in [4.69, 9.17) is 11.6 Å². The summed E-state index contributed by atoms with van der Waals surface area (Å²) in [5, 5.41) is 4.71. The van der Waals surface area contributed by atoms with Crippen molar-refractivity contribution in [3.05, 3.63) is 45.6 Å². The van der Waals surface area contributed by atoms with Gasteiger partial charge in [-0.3, -0.25) is 4.79 Å². The van der Waals surface area contributed by atoms with Crippen molar-refractivity contribution < 1.29 is 4.79 Å². The van der Waals surface area contributed by atoms with Gasteiger partial charge < -0.3 is 10.2 Å². The van der Waals surface area contributed by atoms with Crippen molar-refractivity contribution in [2.75, 3.05) is 23.3 Å². The summed E-state index contributed by atoms with van der Waals surface area (Å²) in [6.07, 6.45) is 4.98. The summed E-state index contributed by atoms with van der Waals surface area (Å²) in [7, 11) is 0. The number of anilines is 2. The minimum Gasteiger partial charge on any atom is -0.347 e. The smallest absolute Gasteiger partial charge is 0.243 e. The number of halogens is 1. The average Bonchev–Trinajstić information content (AvgIpc) is 3.23. The normalized spacial score (nSPS) is 13.0. The van der Waals surface area contributed by atoms with Crippen LogP contribution in [0.3, 0.4) is 0 Å². The minimum absolute atomic E-state index is 0.0825. The zero-order chi connectivity index (χ0) is 19.0. The highest BCUT2D eigenvalue weighted by Gasteiger charge is 2.24. The van der Waals surface area contributed by atoms with Gasteiger partial charge in [0.05, 0.1) is 11.9 Å². The first-order valence-corrected chi connectivity index (χ1v) is 10.3. The number of aromatic nitrogens is 2. The molecule has 3 aromatic rings. The third kappa shape index (κ3) is 3.51. The van der Waals surface area contributed by atoms with Crippen molar-refractivity contribution in [3.8, 4) is 0 Å². The molecule has 7 heteroatoms. The van der Waals surface area contributed by atoms with E-state index in [9.17, 15) is 4.79 Å². The van der Waals surface area contributed by atoms with Gasteiger partial charge in [-0.2, -0.15) is 0 Å². The molecule has 2 aromatic heterocycles. The van der Waals surface area contributed by atoms with Crippen LogP contribution >= 0.6 is 22.9 Å². The van der Waals surface area contributed by atoms with Gasteiger partial charge in [0.15, 0.2) is 0 Å². The number of hydrogen-bond acceptors (Lipinski definition) is 5. The lowest BCUT2D eigenvalue weighted by Crippen LogP contribution is -2.34. The summed E-state index contributed by atoms with van der Waals surface area (Å²) >= 11 is 7.82. The summed E-state index contributed by atoms with van der Waals surface area (Å²) in [4.78, 5) is 26.1. The predicted molar refractivity (Wildman–Crippen MR) is 112 cm³/mol. The van der Waals surface area contributed by atoms with Crippen molar-refractivity contribution >= 4 is 50.6 Å². The number of hydrogen-bond donors (Lipinski definition) is 1.